The van der Waals surface area contributed by atoms with E-state index in [1.54, 1.807) is 20.4 Å². The highest BCUT2D eigenvalue weighted by molar-refractivity contribution is 5.92. The van der Waals surface area contributed by atoms with Gasteiger partial charge in [-0.15, -0.1) is 10.2 Å². The van der Waals surface area contributed by atoms with E-state index >= 15 is 0 Å². The minimum atomic E-state index is -0.0169. The van der Waals surface area contributed by atoms with E-state index in [0.29, 0.717) is 24.3 Å². The molecular weight excluding hydrogens is 592 g/mol. The zero-order valence-corrected chi connectivity index (χ0v) is 28.3. The summed E-state index contributed by atoms with van der Waals surface area (Å²) in [6.07, 6.45) is 11.7. The summed E-state index contributed by atoms with van der Waals surface area (Å²) in [5.74, 6) is 5.72. The molecule has 10 nitrogen and oxygen atoms in total. The molecule has 3 aromatic rings. The van der Waals surface area contributed by atoms with Crippen LogP contribution in [-0.4, -0.2) is 91.5 Å². The number of nitrogens with zero attached hydrogens (tertiary/aromatic N) is 6. The predicted molar refractivity (Wildman–Crippen MR) is 181 cm³/mol. The SMILES string of the molecule is CCOc1cncc(-c2cc(OC)c(CN3CCN(c4ccc(C(=O)N(C)CC56CC7CC(CC(C7)C5)C6)nn4)CC3)c(OC)c2)c1. The van der Waals surface area contributed by atoms with Crippen molar-refractivity contribution < 1.29 is 19.0 Å². The molecule has 4 aliphatic carbocycles. The predicted octanol–water partition coefficient (Wildman–Crippen LogP) is 5.57. The van der Waals surface area contributed by atoms with Crippen LogP contribution in [0.1, 0.15) is 61.5 Å². The minimum absolute atomic E-state index is 0.0169. The van der Waals surface area contributed by atoms with Crippen LogP contribution in [0.25, 0.3) is 11.1 Å². The van der Waals surface area contributed by atoms with Crippen molar-refractivity contribution in [3.63, 3.8) is 0 Å². The minimum Gasteiger partial charge on any atom is -0.496 e. The molecule has 4 bridgehead atoms. The van der Waals surface area contributed by atoms with Crippen LogP contribution in [0.3, 0.4) is 0 Å². The number of benzene rings is 1. The quantitative estimate of drug-likeness (QED) is 0.267. The molecule has 1 aliphatic heterocycles. The average molecular weight is 641 g/mol. The van der Waals surface area contributed by atoms with Gasteiger partial charge in [-0.1, -0.05) is 0 Å². The maximum Gasteiger partial charge on any atom is 0.274 e. The van der Waals surface area contributed by atoms with Crippen molar-refractivity contribution in [1.29, 1.82) is 0 Å². The van der Waals surface area contributed by atoms with Crippen molar-refractivity contribution >= 4 is 11.7 Å². The standard InChI is InChI=1S/C37H48N6O4/c1-5-47-30-15-29(21-38-22-30)28-16-33(45-3)31(34(17-28)46-4)23-42-8-10-43(11-9-42)35-7-6-32(39-40-35)36(44)41(2)24-37-18-25-12-26(19-37)14-27(13-25)20-37/h6-7,15-17,21-22,25-27H,5,8-14,18-20,23-24H2,1-4H3. The number of hydrogen-bond acceptors (Lipinski definition) is 9. The van der Waals surface area contributed by atoms with Gasteiger partial charge < -0.3 is 24.0 Å². The van der Waals surface area contributed by atoms with E-state index in [2.05, 4.69) is 25.0 Å². The summed E-state index contributed by atoms with van der Waals surface area (Å²) < 4.78 is 17.4. The van der Waals surface area contributed by atoms with E-state index in [-0.39, 0.29) is 5.91 Å². The summed E-state index contributed by atoms with van der Waals surface area (Å²) >= 11 is 0. The number of rotatable bonds is 11. The second kappa shape index (κ2) is 13.3. The molecule has 1 amide bonds. The Morgan fingerprint density at radius 3 is 2.13 bits per heavy atom. The second-order valence-electron chi connectivity index (χ2n) is 14.3. The molecular formula is C37H48N6O4. The summed E-state index contributed by atoms with van der Waals surface area (Å²) in [6, 6.07) is 9.87. The molecule has 0 N–H and O–H groups in total. The van der Waals surface area contributed by atoms with Gasteiger partial charge in [0.2, 0.25) is 0 Å². The fraction of sp³-hybridized carbons (Fsp3) is 0.568. The van der Waals surface area contributed by atoms with Crippen molar-refractivity contribution in [2.24, 2.45) is 23.2 Å². The number of carbonyl (C=O) groups excluding carboxylic acids is 1. The topological polar surface area (TPSA) is 93.2 Å². The van der Waals surface area contributed by atoms with Crippen LogP contribution < -0.4 is 19.1 Å². The number of amides is 1. The van der Waals surface area contributed by atoms with E-state index < -0.39 is 0 Å². The third-order valence-electron chi connectivity index (χ3n) is 11.0. The fourth-order valence-corrected chi connectivity index (χ4v) is 9.35. The Morgan fingerprint density at radius 1 is 0.894 bits per heavy atom. The Bertz CT molecular complexity index is 1510. The van der Waals surface area contributed by atoms with Crippen LogP contribution in [0.15, 0.2) is 42.7 Å². The van der Waals surface area contributed by atoms with Crippen LogP contribution in [0, 0.1) is 23.2 Å². The van der Waals surface area contributed by atoms with Gasteiger partial charge in [0.25, 0.3) is 5.91 Å². The molecule has 10 heteroatoms. The number of pyridine rings is 1. The van der Waals surface area contributed by atoms with E-state index in [1.165, 1.54) is 38.5 Å². The molecule has 5 aliphatic rings. The van der Waals surface area contributed by atoms with Gasteiger partial charge in [0.15, 0.2) is 11.5 Å². The smallest absolute Gasteiger partial charge is 0.274 e. The second-order valence-corrected chi connectivity index (χ2v) is 14.3. The lowest BCUT2D eigenvalue weighted by Crippen LogP contribution is -2.51. The van der Waals surface area contributed by atoms with Crippen LogP contribution in [-0.2, 0) is 6.54 Å². The van der Waals surface area contributed by atoms with E-state index in [0.717, 1.165) is 90.2 Å². The number of aromatic nitrogens is 3. The Labute approximate surface area is 278 Å². The van der Waals surface area contributed by atoms with Gasteiger partial charge in [0.1, 0.15) is 17.2 Å². The zero-order valence-electron chi connectivity index (χ0n) is 28.3. The summed E-state index contributed by atoms with van der Waals surface area (Å²) in [7, 11) is 5.34. The van der Waals surface area contributed by atoms with Gasteiger partial charge in [-0.3, -0.25) is 14.7 Å². The van der Waals surface area contributed by atoms with E-state index in [4.69, 9.17) is 14.2 Å². The molecule has 8 rings (SSSR count). The summed E-state index contributed by atoms with van der Waals surface area (Å²) in [5, 5.41) is 8.92. The van der Waals surface area contributed by atoms with Crippen molar-refractivity contribution in [3.8, 4) is 28.4 Å². The van der Waals surface area contributed by atoms with Crippen molar-refractivity contribution in [1.82, 2.24) is 25.0 Å². The molecule has 0 unspecified atom stereocenters. The fourth-order valence-electron chi connectivity index (χ4n) is 9.35. The number of ether oxygens (including phenoxy) is 3. The third-order valence-corrected chi connectivity index (χ3v) is 11.0. The Morgan fingerprint density at radius 2 is 1.55 bits per heavy atom. The Balaban J connectivity index is 0.959. The maximum atomic E-state index is 13.4. The first kappa shape index (κ1) is 31.7. The molecule has 250 valence electrons. The van der Waals surface area contributed by atoms with Crippen molar-refractivity contribution in [3.05, 3.63) is 54.0 Å². The van der Waals surface area contributed by atoms with Crippen LogP contribution >= 0.6 is 0 Å². The van der Waals surface area contributed by atoms with Gasteiger partial charge >= 0.3 is 0 Å². The van der Waals surface area contributed by atoms with E-state index in [9.17, 15) is 4.79 Å². The average Bonchev–Trinajstić information content (AvgIpc) is 3.08. The zero-order chi connectivity index (χ0) is 32.5. The molecule has 3 heterocycles. The number of carbonyl (C=O) groups is 1. The number of methoxy groups -OCH3 is 2. The molecule has 5 fully saturated rings. The van der Waals surface area contributed by atoms with Crippen LogP contribution in [0.2, 0.25) is 0 Å². The number of hydrogen-bond donors (Lipinski definition) is 0. The summed E-state index contributed by atoms with van der Waals surface area (Å²) in [6.45, 7) is 7.42. The van der Waals surface area contributed by atoms with Gasteiger partial charge in [-0.05, 0) is 105 Å². The molecule has 0 spiro atoms. The van der Waals surface area contributed by atoms with E-state index in [1.807, 2.05) is 55.4 Å². The highest BCUT2D eigenvalue weighted by Gasteiger charge is 2.51. The largest absolute Gasteiger partial charge is 0.496 e. The molecule has 0 radical (unpaired) electrons. The van der Waals surface area contributed by atoms with Gasteiger partial charge in [-0.2, -0.15) is 0 Å². The first-order chi connectivity index (χ1) is 22.8. The van der Waals surface area contributed by atoms with Crippen LogP contribution in [0.4, 0.5) is 5.82 Å². The molecule has 0 atom stereocenters. The maximum absolute atomic E-state index is 13.4. The Hall–Kier alpha value is -3.92. The normalized spacial score (nSPS) is 25.1. The lowest BCUT2D eigenvalue weighted by molar-refractivity contribution is -0.0629. The van der Waals surface area contributed by atoms with Crippen LogP contribution in [0.5, 0.6) is 17.2 Å². The monoisotopic (exact) mass is 640 g/mol. The molecule has 1 aromatic carbocycles. The Kier molecular flexibility index (Phi) is 8.96. The first-order valence-electron chi connectivity index (χ1n) is 17.2. The van der Waals surface area contributed by atoms with Gasteiger partial charge in [0.05, 0.1) is 32.6 Å². The molecule has 47 heavy (non-hydrogen) atoms. The summed E-state index contributed by atoms with van der Waals surface area (Å²) in [4.78, 5) is 24.3. The molecule has 2 aromatic heterocycles. The summed E-state index contributed by atoms with van der Waals surface area (Å²) in [5.41, 5.74) is 3.66. The molecule has 4 saturated carbocycles. The number of piperazine rings is 1. The number of anilines is 1. The third kappa shape index (κ3) is 6.62. The van der Waals surface area contributed by atoms with Crippen molar-refractivity contribution in [2.75, 3.05) is 65.5 Å². The van der Waals surface area contributed by atoms with Gasteiger partial charge in [-0.25, -0.2) is 0 Å². The molecule has 1 saturated heterocycles. The lowest BCUT2D eigenvalue weighted by atomic mass is 9.49. The van der Waals surface area contributed by atoms with Gasteiger partial charge in [0, 0.05) is 58.1 Å². The lowest BCUT2D eigenvalue weighted by Gasteiger charge is -2.57. The van der Waals surface area contributed by atoms with Crippen molar-refractivity contribution in [2.45, 2.75) is 52.0 Å². The highest BCUT2D eigenvalue weighted by Crippen LogP contribution is 2.60. The highest BCUT2D eigenvalue weighted by atomic mass is 16.5. The first-order valence-corrected chi connectivity index (χ1v) is 17.2.